The highest BCUT2D eigenvalue weighted by atomic mass is 16.6. The number of benzene rings is 1. The van der Waals surface area contributed by atoms with Crippen molar-refractivity contribution in [2.45, 2.75) is 96.6 Å². The van der Waals surface area contributed by atoms with Crippen LogP contribution in [0.3, 0.4) is 0 Å². The lowest BCUT2D eigenvalue weighted by molar-refractivity contribution is -0.207. The van der Waals surface area contributed by atoms with Gasteiger partial charge < -0.3 is 34.6 Å². The Hall–Kier alpha value is -3.05. The van der Waals surface area contributed by atoms with E-state index in [2.05, 4.69) is 6.58 Å². The smallest absolute Gasteiger partial charge is 0.338 e. The van der Waals surface area contributed by atoms with Crippen molar-refractivity contribution in [1.82, 2.24) is 0 Å². The van der Waals surface area contributed by atoms with Crippen LogP contribution in [0.2, 0.25) is 0 Å². The van der Waals surface area contributed by atoms with Gasteiger partial charge in [0.15, 0.2) is 0 Å². The van der Waals surface area contributed by atoms with Crippen molar-refractivity contribution in [1.29, 1.82) is 0 Å². The van der Waals surface area contributed by atoms with Gasteiger partial charge in [0.1, 0.15) is 24.4 Å². The van der Waals surface area contributed by atoms with E-state index >= 15 is 0 Å². The Kier molecular flexibility index (Phi) is 8.03. The molecule has 0 aromatic heterocycles. The number of rotatable bonds is 5. The van der Waals surface area contributed by atoms with Crippen molar-refractivity contribution in [3.63, 3.8) is 0 Å². The lowest BCUT2D eigenvalue weighted by Crippen LogP contribution is -2.63. The van der Waals surface area contributed by atoms with Gasteiger partial charge in [-0.15, -0.1) is 0 Å². The van der Waals surface area contributed by atoms with Crippen molar-refractivity contribution in [2.24, 2.45) is 16.7 Å². The summed E-state index contributed by atoms with van der Waals surface area (Å²) >= 11 is 0. The maximum atomic E-state index is 13.5. The fourth-order valence-corrected chi connectivity index (χ4v) is 7.54. The number of hydrogen-bond donors (Lipinski definition) is 4. The Balaban J connectivity index is 2.08. The van der Waals surface area contributed by atoms with Gasteiger partial charge in [-0.25, -0.2) is 4.79 Å². The quantitative estimate of drug-likeness (QED) is 0.234. The summed E-state index contributed by atoms with van der Waals surface area (Å²) in [5, 5.41) is 46.4. The third-order valence-corrected chi connectivity index (χ3v) is 9.47. The van der Waals surface area contributed by atoms with Crippen LogP contribution in [0.1, 0.15) is 64.7 Å². The van der Waals surface area contributed by atoms with Gasteiger partial charge in [-0.05, 0) is 56.0 Å². The van der Waals surface area contributed by atoms with Crippen molar-refractivity contribution < 1.29 is 49.0 Å². The van der Waals surface area contributed by atoms with Gasteiger partial charge in [0.05, 0.1) is 34.2 Å². The van der Waals surface area contributed by atoms with E-state index in [0.29, 0.717) is 5.57 Å². The molecule has 0 radical (unpaired) electrons. The first kappa shape index (κ1) is 30.9. The molecule has 224 valence electrons. The minimum atomic E-state index is -1.72. The Morgan fingerprint density at radius 3 is 2.07 bits per heavy atom. The lowest BCUT2D eigenvalue weighted by Gasteiger charge is -2.55. The van der Waals surface area contributed by atoms with Crippen LogP contribution in [0.5, 0.6) is 0 Å². The molecule has 2 saturated carbocycles. The van der Waals surface area contributed by atoms with Crippen LogP contribution in [0, 0.1) is 16.7 Å². The molecule has 41 heavy (non-hydrogen) atoms. The van der Waals surface area contributed by atoms with E-state index in [4.69, 9.17) is 14.2 Å². The predicted octanol–water partition coefficient (Wildman–Crippen LogP) is 2.23. The van der Waals surface area contributed by atoms with Gasteiger partial charge in [-0.3, -0.25) is 9.59 Å². The number of aliphatic hydroxyl groups excluding tert-OH is 3. The van der Waals surface area contributed by atoms with Gasteiger partial charge in [0, 0.05) is 26.2 Å². The minimum Gasteiger partial charge on any atom is -0.462 e. The normalized spacial score (nSPS) is 37.0. The fraction of sp³-hybridized carbons (Fsp3) is 0.581. The molecule has 9 atom stereocenters. The monoisotopic (exact) mass is 572 g/mol. The Morgan fingerprint density at radius 2 is 1.54 bits per heavy atom. The molecule has 3 aliphatic rings. The molecule has 10 heteroatoms. The van der Waals surface area contributed by atoms with E-state index in [0.717, 1.165) is 0 Å². The number of carbonyl (C=O) groups is 3. The van der Waals surface area contributed by atoms with Crippen LogP contribution in [-0.4, -0.2) is 80.6 Å². The summed E-state index contributed by atoms with van der Waals surface area (Å²) in [5.74, 6) is -3.27. The van der Waals surface area contributed by atoms with Crippen LogP contribution in [0.4, 0.5) is 0 Å². The summed E-state index contributed by atoms with van der Waals surface area (Å²) in [7, 11) is 0. The van der Waals surface area contributed by atoms with Gasteiger partial charge in [-0.2, -0.15) is 0 Å². The molecule has 0 aliphatic heterocycles. The van der Waals surface area contributed by atoms with Crippen molar-refractivity contribution in [3.05, 3.63) is 59.2 Å². The minimum absolute atomic E-state index is 0.125. The molecule has 1 aromatic carbocycles. The van der Waals surface area contributed by atoms with Crippen LogP contribution >= 0.6 is 0 Å². The largest absolute Gasteiger partial charge is 0.462 e. The number of carbonyl (C=O) groups excluding carboxylic acids is 3. The first-order valence-corrected chi connectivity index (χ1v) is 13.7. The van der Waals surface area contributed by atoms with Crippen LogP contribution in [0.15, 0.2) is 53.6 Å². The van der Waals surface area contributed by atoms with E-state index in [9.17, 15) is 34.8 Å². The number of fused-ring (bicyclic) bond motifs is 2. The molecule has 0 spiro atoms. The number of ether oxygens (including phenoxy) is 3. The standard InChI is InChI=1S/C31H40O10/c1-15-20(34)13-22(39-17(3)32)30(7)24(15)26(40-18(4)33)31(29(5,6)38)14-21(35)16(2)23(31)25(36)27(30)41-28(37)19-11-9-8-10-12-19/h8-12,20-22,24-27,34-36,38H,1,13-14H2,2-7H3/t20?,21?,22?,24-,25?,26?,27?,30+,31+/m0/s1. The summed E-state index contributed by atoms with van der Waals surface area (Å²) in [6, 6.07) is 8.13. The van der Waals surface area contributed by atoms with Gasteiger partial charge in [0.2, 0.25) is 0 Å². The summed E-state index contributed by atoms with van der Waals surface area (Å²) in [6.45, 7) is 12.7. The van der Waals surface area contributed by atoms with Gasteiger partial charge in [-0.1, -0.05) is 31.7 Å². The van der Waals surface area contributed by atoms with E-state index in [1.54, 1.807) is 44.2 Å². The summed E-state index contributed by atoms with van der Waals surface area (Å²) < 4.78 is 17.8. The molecule has 2 fully saturated rings. The Bertz CT molecular complexity index is 1260. The van der Waals surface area contributed by atoms with Crippen LogP contribution in [-0.2, 0) is 23.8 Å². The molecule has 4 N–H and O–H groups in total. The highest BCUT2D eigenvalue weighted by Gasteiger charge is 2.73. The van der Waals surface area contributed by atoms with Crippen LogP contribution in [0.25, 0.3) is 0 Å². The highest BCUT2D eigenvalue weighted by Crippen LogP contribution is 2.65. The molecule has 0 amide bonds. The molecular formula is C31H40O10. The molecule has 0 bridgehead atoms. The third kappa shape index (κ3) is 4.80. The summed E-state index contributed by atoms with van der Waals surface area (Å²) in [6.07, 6.45) is -8.16. The van der Waals surface area contributed by atoms with Gasteiger partial charge >= 0.3 is 17.9 Å². The van der Waals surface area contributed by atoms with Gasteiger partial charge in [0.25, 0.3) is 0 Å². The molecule has 3 aliphatic carbocycles. The number of hydrogen-bond acceptors (Lipinski definition) is 10. The molecule has 10 nitrogen and oxygen atoms in total. The maximum absolute atomic E-state index is 13.5. The second kappa shape index (κ2) is 10.7. The number of esters is 3. The summed E-state index contributed by atoms with van der Waals surface area (Å²) in [4.78, 5) is 38.6. The second-order valence-corrected chi connectivity index (χ2v) is 12.3. The maximum Gasteiger partial charge on any atom is 0.338 e. The Labute approximate surface area is 239 Å². The van der Waals surface area contributed by atoms with Crippen molar-refractivity contribution >= 4 is 17.9 Å². The SMILES string of the molecule is C=C1C(O)CC(OC(C)=O)[C@@]2(C)C(OC(=O)c3ccccc3)C(O)C3=C(C)C(O)C[C@]3(C(C)(C)O)C(OC(C)=O)[C@H]12. The van der Waals surface area contributed by atoms with Crippen molar-refractivity contribution in [3.8, 4) is 0 Å². The topological polar surface area (TPSA) is 160 Å². The zero-order valence-corrected chi connectivity index (χ0v) is 24.3. The first-order valence-electron chi connectivity index (χ1n) is 13.7. The van der Waals surface area contributed by atoms with Crippen molar-refractivity contribution in [2.75, 3.05) is 0 Å². The molecule has 6 unspecified atom stereocenters. The van der Waals surface area contributed by atoms with E-state index in [-0.39, 0.29) is 29.6 Å². The molecular weight excluding hydrogens is 532 g/mol. The van der Waals surface area contributed by atoms with Crippen LogP contribution < -0.4 is 0 Å². The molecule has 1 aromatic rings. The zero-order valence-electron chi connectivity index (χ0n) is 24.3. The molecule has 0 saturated heterocycles. The second-order valence-electron chi connectivity index (χ2n) is 12.3. The lowest BCUT2D eigenvalue weighted by atomic mass is 9.54. The first-order chi connectivity index (χ1) is 19.0. The van der Waals surface area contributed by atoms with E-state index in [1.165, 1.54) is 27.7 Å². The highest BCUT2D eigenvalue weighted by molar-refractivity contribution is 5.89. The predicted molar refractivity (Wildman–Crippen MR) is 146 cm³/mol. The van der Waals surface area contributed by atoms with E-state index < -0.39 is 76.9 Å². The fourth-order valence-electron chi connectivity index (χ4n) is 7.54. The molecule has 4 rings (SSSR count). The van der Waals surface area contributed by atoms with E-state index in [1.807, 2.05) is 0 Å². The average Bonchev–Trinajstić information content (AvgIpc) is 3.12. The Morgan fingerprint density at radius 1 is 0.951 bits per heavy atom. The zero-order chi connectivity index (χ0) is 30.7. The number of aliphatic hydroxyl groups is 4. The summed E-state index contributed by atoms with van der Waals surface area (Å²) in [5.41, 5.74) is -3.97. The third-order valence-electron chi connectivity index (χ3n) is 9.47. The molecule has 0 heterocycles. The average molecular weight is 573 g/mol.